The minimum atomic E-state index is -1.58. The van der Waals surface area contributed by atoms with E-state index in [0.29, 0.717) is 5.56 Å². The number of rotatable bonds is 5. The fourth-order valence-electron chi connectivity index (χ4n) is 1.95. The maximum absolute atomic E-state index is 12.1. The van der Waals surface area contributed by atoms with E-state index < -0.39 is 23.1 Å². The average Bonchev–Trinajstić information content (AvgIpc) is 2.54. The van der Waals surface area contributed by atoms with Crippen molar-refractivity contribution in [3.63, 3.8) is 0 Å². The molecular weight excluding hydrogens is 296 g/mol. The van der Waals surface area contributed by atoms with Gasteiger partial charge in [-0.3, -0.25) is 4.79 Å². The van der Waals surface area contributed by atoms with Gasteiger partial charge >= 0.3 is 5.97 Å². The number of hydrogen-bond acceptors (Lipinski definition) is 4. The molecule has 2 aromatic rings. The number of carbonyl (C=O) groups excluding carboxylic acids is 1. The number of aliphatic hydroxyl groups is 1. The van der Waals surface area contributed by atoms with Crippen LogP contribution in [-0.4, -0.2) is 27.1 Å². The van der Waals surface area contributed by atoms with Gasteiger partial charge in [-0.2, -0.15) is 0 Å². The first kappa shape index (κ1) is 16.0. The second kappa shape index (κ2) is 7.09. The molecule has 2 aromatic carbocycles. The number of aliphatic hydroxyl groups excluding tert-OH is 1. The van der Waals surface area contributed by atoms with E-state index in [4.69, 9.17) is 0 Å². The second-order valence-electron chi connectivity index (χ2n) is 4.65. The van der Waals surface area contributed by atoms with Gasteiger partial charge in [0.1, 0.15) is 17.1 Å². The Kier molecular flexibility index (Phi) is 4.94. The standard InChI is InChI=1S/C18H14O5/c19-14-9-5-4-8-13(14)17(21)16(18(22)23)15(20)11-10-12-6-2-1-3-7-12/h1-11,19,21H,(H,22,23). The number of para-hydroxylation sites is 1. The Morgan fingerprint density at radius 2 is 1.48 bits per heavy atom. The largest absolute Gasteiger partial charge is 0.507 e. The fourth-order valence-corrected chi connectivity index (χ4v) is 1.95. The first-order valence-electron chi connectivity index (χ1n) is 6.73. The zero-order chi connectivity index (χ0) is 16.8. The van der Waals surface area contributed by atoms with Crippen molar-refractivity contribution in [1.82, 2.24) is 0 Å². The Hall–Kier alpha value is -3.34. The molecule has 0 aliphatic rings. The molecular formula is C18H14O5. The van der Waals surface area contributed by atoms with Crippen LogP contribution in [0.3, 0.4) is 0 Å². The number of carbonyl (C=O) groups is 2. The van der Waals surface area contributed by atoms with Crippen LogP contribution in [0, 0.1) is 0 Å². The predicted molar refractivity (Wildman–Crippen MR) is 85.8 cm³/mol. The van der Waals surface area contributed by atoms with Gasteiger partial charge in [-0.1, -0.05) is 48.5 Å². The van der Waals surface area contributed by atoms with E-state index in [9.17, 15) is 24.9 Å². The molecule has 23 heavy (non-hydrogen) atoms. The van der Waals surface area contributed by atoms with Crippen LogP contribution in [0.5, 0.6) is 5.75 Å². The Labute approximate surface area is 132 Å². The molecule has 0 saturated carbocycles. The van der Waals surface area contributed by atoms with Gasteiger partial charge in [0, 0.05) is 0 Å². The number of aromatic hydroxyl groups is 1. The highest BCUT2D eigenvalue weighted by Gasteiger charge is 2.23. The molecule has 0 aliphatic heterocycles. The Morgan fingerprint density at radius 3 is 2.09 bits per heavy atom. The van der Waals surface area contributed by atoms with Crippen molar-refractivity contribution in [3.8, 4) is 5.75 Å². The van der Waals surface area contributed by atoms with Crippen molar-refractivity contribution >= 4 is 23.6 Å². The summed E-state index contributed by atoms with van der Waals surface area (Å²) in [6, 6.07) is 14.5. The third-order valence-corrected chi connectivity index (χ3v) is 3.08. The number of hydrogen-bond donors (Lipinski definition) is 3. The van der Waals surface area contributed by atoms with Gasteiger partial charge in [0.25, 0.3) is 0 Å². The van der Waals surface area contributed by atoms with E-state index in [-0.39, 0.29) is 11.3 Å². The molecule has 0 spiro atoms. The minimum absolute atomic E-state index is 0.119. The summed E-state index contributed by atoms with van der Waals surface area (Å²) in [6.07, 6.45) is 2.51. The van der Waals surface area contributed by atoms with Crippen LogP contribution < -0.4 is 0 Å². The van der Waals surface area contributed by atoms with Crippen LogP contribution >= 0.6 is 0 Å². The summed E-state index contributed by atoms with van der Waals surface area (Å²) in [5.74, 6) is -3.54. The minimum Gasteiger partial charge on any atom is -0.507 e. The molecule has 0 atom stereocenters. The van der Waals surface area contributed by atoms with Crippen LogP contribution in [0.1, 0.15) is 11.1 Å². The molecule has 0 bridgehead atoms. The van der Waals surface area contributed by atoms with Crippen LogP contribution in [0.15, 0.2) is 66.2 Å². The van der Waals surface area contributed by atoms with Crippen molar-refractivity contribution in [2.75, 3.05) is 0 Å². The van der Waals surface area contributed by atoms with Crippen molar-refractivity contribution in [1.29, 1.82) is 0 Å². The summed E-state index contributed by atoms with van der Waals surface area (Å²) >= 11 is 0. The lowest BCUT2D eigenvalue weighted by atomic mass is 10.0. The maximum atomic E-state index is 12.1. The van der Waals surface area contributed by atoms with Gasteiger partial charge in [0.2, 0.25) is 0 Å². The van der Waals surface area contributed by atoms with Crippen molar-refractivity contribution < 1.29 is 24.9 Å². The highest BCUT2D eigenvalue weighted by atomic mass is 16.4. The molecule has 3 N–H and O–H groups in total. The molecule has 0 unspecified atom stereocenters. The summed E-state index contributed by atoms with van der Waals surface area (Å²) in [5.41, 5.74) is -0.210. The van der Waals surface area contributed by atoms with Crippen molar-refractivity contribution in [2.45, 2.75) is 0 Å². The molecule has 5 nitrogen and oxygen atoms in total. The summed E-state index contributed by atoms with van der Waals surface area (Å²) < 4.78 is 0. The number of carboxylic acids is 1. The van der Waals surface area contributed by atoms with Gasteiger partial charge < -0.3 is 15.3 Å². The van der Waals surface area contributed by atoms with Gasteiger partial charge in [0.05, 0.1) is 5.56 Å². The number of ketones is 1. The molecule has 0 amide bonds. The predicted octanol–water partition coefficient (Wildman–Crippen LogP) is 3.03. The molecule has 0 saturated heterocycles. The van der Waals surface area contributed by atoms with E-state index in [1.54, 1.807) is 24.3 Å². The lowest BCUT2D eigenvalue weighted by Gasteiger charge is -2.06. The highest BCUT2D eigenvalue weighted by Crippen LogP contribution is 2.26. The summed E-state index contributed by atoms with van der Waals surface area (Å²) in [5, 5.41) is 29.0. The van der Waals surface area contributed by atoms with Crippen molar-refractivity contribution in [3.05, 3.63) is 77.4 Å². The maximum Gasteiger partial charge on any atom is 0.343 e. The number of benzene rings is 2. The number of phenolic OH excluding ortho intramolecular Hbond substituents is 1. The number of phenols is 1. The summed E-state index contributed by atoms with van der Waals surface area (Å²) in [6.45, 7) is 0. The third-order valence-electron chi connectivity index (χ3n) is 3.08. The van der Waals surface area contributed by atoms with Gasteiger partial charge in [-0.05, 0) is 23.8 Å². The van der Waals surface area contributed by atoms with E-state index in [2.05, 4.69) is 0 Å². The first-order chi connectivity index (χ1) is 11.0. The molecule has 116 valence electrons. The molecule has 0 aliphatic carbocycles. The fraction of sp³-hybridized carbons (Fsp3) is 0. The zero-order valence-electron chi connectivity index (χ0n) is 12.0. The lowest BCUT2D eigenvalue weighted by molar-refractivity contribution is -0.134. The Morgan fingerprint density at radius 1 is 0.870 bits per heavy atom. The van der Waals surface area contributed by atoms with Gasteiger partial charge in [0.15, 0.2) is 5.78 Å². The van der Waals surface area contributed by atoms with E-state index in [0.717, 1.165) is 6.08 Å². The normalized spacial score (nSPS) is 12.0. The smallest absolute Gasteiger partial charge is 0.343 e. The van der Waals surface area contributed by atoms with E-state index in [1.807, 2.05) is 6.07 Å². The lowest BCUT2D eigenvalue weighted by Crippen LogP contribution is -2.13. The van der Waals surface area contributed by atoms with E-state index >= 15 is 0 Å². The number of allylic oxidation sites excluding steroid dienone is 1. The molecule has 0 radical (unpaired) electrons. The van der Waals surface area contributed by atoms with Gasteiger partial charge in [-0.15, -0.1) is 0 Å². The van der Waals surface area contributed by atoms with Crippen LogP contribution in [0.4, 0.5) is 0 Å². The third kappa shape index (κ3) is 3.85. The zero-order valence-corrected chi connectivity index (χ0v) is 12.0. The summed E-state index contributed by atoms with van der Waals surface area (Å²) in [7, 11) is 0. The topological polar surface area (TPSA) is 94.8 Å². The monoisotopic (exact) mass is 310 g/mol. The summed E-state index contributed by atoms with van der Waals surface area (Å²) in [4.78, 5) is 23.4. The molecule has 0 fully saturated rings. The quantitative estimate of drug-likeness (QED) is 0.341. The molecule has 0 aromatic heterocycles. The van der Waals surface area contributed by atoms with Crippen molar-refractivity contribution in [2.24, 2.45) is 0 Å². The highest BCUT2D eigenvalue weighted by molar-refractivity contribution is 6.26. The van der Waals surface area contributed by atoms with Gasteiger partial charge in [-0.25, -0.2) is 4.79 Å². The van der Waals surface area contributed by atoms with Crippen LogP contribution in [0.25, 0.3) is 11.8 Å². The Bertz CT molecular complexity index is 788. The molecule has 5 heteroatoms. The van der Waals surface area contributed by atoms with Crippen LogP contribution in [0.2, 0.25) is 0 Å². The average molecular weight is 310 g/mol. The Balaban J connectivity index is 2.40. The SMILES string of the molecule is O=C(O)C(C(=O)C=Cc1ccccc1)=C(O)c1ccccc1O. The molecule has 2 rings (SSSR count). The molecule has 0 heterocycles. The second-order valence-corrected chi connectivity index (χ2v) is 4.65. The first-order valence-corrected chi connectivity index (χ1v) is 6.73. The van der Waals surface area contributed by atoms with Crippen LogP contribution in [-0.2, 0) is 9.59 Å². The number of aliphatic carboxylic acids is 1. The van der Waals surface area contributed by atoms with E-state index in [1.165, 1.54) is 30.3 Å². The number of carboxylic acid groups (broad SMARTS) is 1.